The first-order valence-corrected chi connectivity index (χ1v) is 9.15. The smallest absolute Gasteiger partial charge is 0.410 e. The van der Waals surface area contributed by atoms with Crippen LogP contribution in [-0.4, -0.2) is 42.2 Å². The molecule has 0 saturated carbocycles. The number of hydrogen-bond donors (Lipinski definition) is 1. The van der Waals surface area contributed by atoms with E-state index in [0.29, 0.717) is 29.7 Å². The number of halogens is 2. The summed E-state index contributed by atoms with van der Waals surface area (Å²) in [6.07, 6.45) is -0.792. The van der Waals surface area contributed by atoms with Gasteiger partial charge in [-0.1, -0.05) is 29.3 Å². The molecule has 2 rings (SSSR count). The molecule has 2 N–H and O–H groups in total. The average Bonchev–Trinajstić information content (AvgIpc) is 2.70. The second-order valence-electron chi connectivity index (χ2n) is 7.32. The Bertz CT molecular complexity index is 676. The fourth-order valence-corrected chi connectivity index (χ4v) is 3.18. The number of rotatable bonds is 3. The second kappa shape index (κ2) is 8.46. The van der Waals surface area contributed by atoms with Gasteiger partial charge in [0.1, 0.15) is 5.60 Å². The SMILES string of the molecule is CC(C)(C)OC(=O)N1CCO[C@@H](c2ccc(Cl)c(Cl)c2)[C@H](CC(N)=O)C1. The molecule has 8 heteroatoms. The van der Waals surface area contributed by atoms with E-state index in [1.54, 1.807) is 43.9 Å². The molecule has 1 aliphatic heterocycles. The fourth-order valence-electron chi connectivity index (χ4n) is 2.88. The normalized spacial score (nSPS) is 21.2. The number of nitrogens with two attached hydrogens (primary N) is 1. The van der Waals surface area contributed by atoms with Crippen LogP contribution in [0.15, 0.2) is 18.2 Å². The topological polar surface area (TPSA) is 81.9 Å². The number of ether oxygens (including phenoxy) is 2. The lowest BCUT2D eigenvalue weighted by Gasteiger charge is -2.29. The number of hydrogen-bond acceptors (Lipinski definition) is 4. The number of primary amides is 1. The predicted molar refractivity (Wildman–Crippen MR) is 100 cm³/mol. The van der Waals surface area contributed by atoms with Crippen molar-refractivity contribution < 1.29 is 19.1 Å². The summed E-state index contributed by atoms with van der Waals surface area (Å²) >= 11 is 12.1. The summed E-state index contributed by atoms with van der Waals surface area (Å²) in [5.41, 5.74) is 5.60. The van der Waals surface area contributed by atoms with Crippen molar-refractivity contribution in [2.24, 2.45) is 11.7 Å². The molecule has 1 saturated heterocycles. The summed E-state index contributed by atoms with van der Waals surface area (Å²) in [6, 6.07) is 5.20. The van der Waals surface area contributed by atoms with E-state index in [1.807, 2.05) is 0 Å². The first kappa shape index (κ1) is 20.8. The van der Waals surface area contributed by atoms with Gasteiger partial charge in [-0.05, 0) is 38.5 Å². The highest BCUT2D eigenvalue weighted by Gasteiger charge is 2.34. The zero-order valence-electron chi connectivity index (χ0n) is 15.1. The molecule has 2 atom stereocenters. The van der Waals surface area contributed by atoms with Gasteiger partial charge in [0.25, 0.3) is 0 Å². The van der Waals surface area contributed by atoms with Gasteiger partial charge >= 0.3 is 6.09 Å². The molecule has 0 spiro atoms. The van der Waals surface area contributed by atoms with Gasteiger partial charge in [-0.3, -0.25) is 4.79 Å². The van der Waals surface area contributed by atoms with Crippen molar-refractivity contribution in [2.45, 2.75) is 38.9 Å². The standard InChI is InChI=1S/C18H24Cl2N2O4/c1-18(2,3)26-17(24)22-6-7-25-16(12(10-22)9-15(21)23)11-4-5-13(19)14(20)8-11/h4-5,8,12,16H,6-7,9-10H2,1-3H3,(H2,21,23)/t12-,16+/m1/s1. The summed E-state index contributed by atoms with van der Waals surface area (Å²) in [5.74, 6) is -0.783. The van der Waals surface area contributed by atoms with E-state index in [2.05, 4.69) is 0 Å². The summed E-state index contributed by atoms with van der Waals surface area (Å²) < 4.78 is 11.4. The van der Waals surface area contributed by atoms with Crippen molar-refractivity contribution in [3.63, 3.8) is 0 Å². The van der Waals surface area contributed by atoms with E-state index in [4.69, 9.17) is 38.4 Å². The Morgan fingerprint density at radius 1 is 1.31 bits per heavy atom. The van der Waals surface area contributed by atoms with Crippen LogP contribution in [0.1, 0.15) is 38.9 Å². The number of nitrogens with zero attached hydrogens (tertiary/aromatic N) is 1. The van der Waals surface area contributed by atoms with Gasteiger partial charge in [0.05, 0.1) is 22.8 Å². The maximum Gasteiger partial charge on any atom is 0.410 e. The molecule has 0 bridgehead atoms. The van der Waals surface area contributed by atoms with Crippen molar-refractivity contribution in [1.82, 2.24) is 4.90 Å². The Labute approximate surface area is 163 Å². The Morgan fingerprint density at radius 3 is 2.58 bits per heavy atom. The Balaban J connectivity index is 2.25. The third-order valence-electron chi connectivity index (χ3n) is 3.93. The molecule has 1 aliphatic rings. The van der Waals surface area contributed by atoms with E-state index in [9.17, 15) is 9.59 Å². The van der Waals surface area contributed by atoms with Crippen molar-refractivity contribution in [3.8, 4) is 0 Å². The highest BCUT2D eigenvalue weighted by Crippen LogP contribution is 2.35. The molecule has 1 fully saturated rings. The molecule has 0 aliphatic carbocycles. The van der Waals surface area contributed by atoms with E-state index < -0.39 is 23.7 Å². The molecule has 144 valence electrons. The highest BCUT2D eigenvalue weighted by atomic mass is 35.5. The fraction of sp³-hybridized carbons (Fsp3) is 0.556. The number of carbonyl (C=O) groups excluding carboxylic acids is 2. The van der Waals surface area contributed by atoms with Gasteiger partial charge in [0.2, 0.25) is 5.91 Å². The zero-order chi connectivity index (χ0) is 19.5. The van der Waals surface area contributed by atoms with Gasteiger partial charge in [-0.15, -0.1) is 0 Å². The minimum Gasteiger partial charge on any atom is -0.444 e. The Morgan fingerprint density at radius 2 is 2.00 bits per heavy atom. The van der Waals surface area contributed by atoms with Gasteiger partial charge in [0.15, 0.2) is 0 Å². The lowest BCUT2D eigenvalue weighted by molar-refractivity contribution is -0.120. The quantitative estimate of drug-likeness (QED) is 0.833. The van der Waals surface area contributed by atoms with Crippen LogP contribution in [0.3, 0.4) is 0 Å². The molecular weight excluding hydrogens is 379 g/mol. The predicted octanol–water partition coefficient (Wildman–Crippen LogP) is 3.79. The van der Waals surface area contributed by atoms with Crippen LogP contribution in [0.25, 0.3) is 0 Å². The van der Waals surface area contributed by atoms with Crippen LogP contribution >= 0.6 is 23.2 Å². The van der Waals surface area contributed by atoms with Gasteiger partial charge < -0.3 is 20.1 Å². The summed E-state index contributed by atoms with van der Waals surface area (Å²) in [6.45, 7) is 6.38. The van der Waals surface area contributed by atoms with Crippen molar-refractivity contribution in [1.29, 1.82) is 0 Å². The van der Waals surface area contributed by atoms with Crippen LogP contribution in [0.5, 0.6) is 0 Å². The monoisotopic (exact) mass is 402 g/mol. The van der Waals surface area contributed by atoms with Crippen LogP contribution in [0.2, 0.25) is 10.0 Å². The molecule has 0 radical (unpaired) electrons. The molecule has 0 unspecified atom stereocenters. The lowest BCUT2D eigenvalue weighted by Crippen LogP contribution is -2.40. The minimum atomic E-state index is -0.605. The minimum absolute atomic E-state index is 0.0736. The Hall–Kier alpha value is -1.50. The molecule has 1 aromatic carbocycles. The average molecular weight is 403 g/mol. The lowest BCUT2D eigenvalue weighted by atomic mass is 9.92. The van der Waals surface area contributed by atoms with Crippen LogP contribution in [0.4, 0.5) is 4.79 Å². The van der Waals surface area contributed by atoms with E-state index >= 15 is 0 Å². The van der Waals surface area contributed by atoms with E-state index in [-0.39, 0.29) is 12.3 Å². The maximum atomic E-state index is 12.4. The number of benzene rings is 1. The third kappa shape index (κ3) is 5.76. The van der Waals surface area contributed by atoms with E-state index in [0.717, 1.165) is 5.56 Å². The molecule has 2 amide bonds. The van der Waals surface area contributed by atoms with Gasteiger partial charge in [-0.2, -0.15) is 0 Å². The van der Waals surface area contributed by atoms with Crippen molar-refractivity contribution in [2.75, 3.05) is 19.7 Å². The van der Waals surface area contributed by atoms with Gasteiger partial charge in [0, 0.05) is 25.4 Å². The molecule has 1 heterocycles. The second-order valence-corrected chi connectivity index (χ2v) is 8.14. The van der Waals surface area contributed by atoms with Crippen LogP contribution in [0, 0.1) is 5.92 Å². The summed E-state index contributed by atoms with van der Waals surface area (Å²) in [5, 5.41) is 0.838. The van der Waals surface area contributed by atoms with E-state index in [1.165, 1.54) is 0 Å². The van der Waals surface area contributed by atoms with Crippen molar-refractivity contribution >= 4 is 35.2 Å². The molecular formula is C18H24Cl2N2O4. The first-order valence-electron chi connectivity index (χ1n) is 8.39. The highest BCUT2D eigenvalue weighted by molar-refractivity contribution is 6.42. The first-order chi connectivity index (χ1) is 12.1. The zero-order valence-corrected chi connectivity index (χ0v) is 16.6. The third-order valence-corrected chi connectivity index (χ3v) is 4.67. The Kier molecular flexibility index (Phi) is 6.77. The molecule has 0 aromatic heterocycles. The summed E-state index contributed by atoms with van der Waals surface area (Å²) in [7, 11) is 0. The molecule has 26 heavy (non-hydrogen) atoms. The van der Waals surface area contributed by atoms with Crippen LogP contribution in [-0.2, 0) is 14.3 Å². The molecule has 6 nitrogen and oxygen atoms in total. The number of amides is 2. The van der Waals surface area contributed by atoms with Crippen molar-refractivity contribution in [3.05, 3.63) is 33.8 Å². The summed E-state index contributed by atoms with van der Waals surface area (Å²) in [4.78, 5) is 25.6. The number of carbonyl (C=O) groups is 2. The largest absolute Gasteiger partial charge is 0.444 e. The van der Waals surface area contributed by atoms with Gasteiger partial charge in [-0.25, -0.2) is 4.79 Å². The van der Waals surface area contributed by atoms with Crippen LogP contribution < -0.4 is 5.73 Å². The molecule has 1 aromatic rings. The maximum absolute atomic E-state index is 12.4.